The summed E-state index contributed by atoms with van der Waals surface area (Å²) >= 11 is 1.84. The first-order valence-electron chi connectivity index (χ1n) is 16.0. The van der Waals surface area contributed by atoms with Gasteiger partial charge < -0.3 is 0 Å². The molecule has 4 nitrogen and oxygen atoms in total. The summed E-state index contributed by atoms with van der Waals surface area (Å²) < 4.78 is 4.87. The molecule has 10 aromatic rings. The van der Waals surface area contributed by atoms with Gasteiger partial charge in [-0.15, -0.1) is 11.3 Å². The van der Waals surface area contributed by atoms with Crippen molar-refractivity contribution in [2.75, 3.05) is 0 Å². The second-order valence-corrected chi connectivity index (χ2v) is 13.1. The molecule has 0 bridgehead atoms. The van der Waals surface area contributed by atoms with Gasteiger partial charge in [-0.3, -0.25) is 4.57 Å². The molecule has 0 aliphatic carbocycles. The van der Waals surface area contributed by atoms with Crippen LogP contribution in [0.1, 0.15) is 0 Å². The van der Waals surface area contributed by atoms with Gasteiger partial charge in [0, 0.05) is 53.0 Å². The van der Waals surface area contributed by atoms with Gasteiger partial charge in [0.25, 0.3) is 0 Å². The molecule has 0 spiro atoms. The Kier molecular flexibility index (Phi) is 6.01. The van der Waals surface area contributed by atoms with Crippen LogP contribution in [0.4, 0.5) is 0 Å². The topological polar surface area (TPSA) is 43.6 Å². The van der Waals surface area contributed by atoms with Crippen LogP contribution in [-0.4, -0.2) is 19.5 Å². The van der Waals surface area contributed by atoms with Gasteiger partial charge in [0.1, 0.15) is 0 Å². The predicted molar refractivity (Wildman–Crippen MR) is 201 cm³/mol. The molecule has 224 valence electrons. The maximum absolute atomic E-state index is 5.24. The molecule has 0 saturated carbocycles. The highest BCUT2D eigenvalue weighted by molar-refractivity contribution is 7.25. The first kappa shape index (κ1) is 27.0. The van der Waals surface area contributed by atoms with Gasteiger partial charge in [-0.2, -0.15) is 9.97 Å². The van der Waals surface area contributed by atoms with Crippen molar-refractivity contribution >= 4 is 64.1 Å². The zero-order valence-corrected chi connectivity index (χ0v) is 26.5. The molecule has 0 radical (unpaired) electrons. The smallest absolute Gasteiger partial charge is 0.238 e. The molecule has 0 aliphatic heterocycles. The number of thiophene rings is 1. The molecule has 0 amide bonds. The van der Waals surface area contributed by atoms with E-state index in [4.69, 9.17) is 15.0 Å². The lowest BCUT2D eigenvalue weighted by Gasteiger charge is -2.14. The average molecular weight is 631 g/mol. The van der Waals surface area contributed by atoms with Crippen molar-refractivity contribution in [3.8, 4) is 39.9 Å². The van der Waals surface area contributed by atoms with E-state index in [9.17, 15) is 0 Å². The van der Waals surface area contributed by atoms with Crippen molar-refractivity contribution in [3.05, 3.63) is 158 Å². The first-order valence-corrected chi connectivity index (χ1v) is 16.9. The van der Waals surface area contributed by atoms with Crippen LogP contribution in [0.5, 0.6) is 0 Å². The summed E-state index contributed by atoms with van der Waals surface area (Å²) in [4.78, 5) is 15.5. The van der Waals surface area contributed by atoms with Gasteiger partial charge in [0.05, 0.1) is 11.0 Å². The molecule has 0 aliphatic rings. The van der Waals surface area contributed by atoms with Crippen LogP contribution in [0, 0.1) is 0 Å². The fourth-order valence-corrected chi connectivity index (χ4v) is 8.14. The number of hydrogen-bond acceptors (Lipinski definition) is 4. The van der Waals surface area contributed by atoms with E-state index in [0.29, 0.717) is 17.6 Å². The molecule has 48 heavy (non-hydrogen) atoms. The Balaban J connectivity index is 1.35. The number of fused-ring (bicyclic) bond motifs is 8. The van der Waals surface area contributed by atoms with E-state index >= 15 is 0 Å². The third kappa shape index (κ3) is 4.18. The van der Waals surface area contributed by atoms with Crippen LogP contribution in [0.2, 0.25) is 0 Å². The minimum absolute atomic E-state index is 0.591. The summed E-state index contributed by atoms with van der Waals surface area (Å²) in [7, 11) is 0. The summed E-state index contributed by atoms with van der Waals surface area (Å²) in [6.45, 7) is 0. The van der Waals surface area contributed by atoms with Gasteiger partial charge in [-0.05, 0) is 29.1 Å². The molecule has 0 saturated heterocycles. The fraction of sp³-hybridized carbons (Fsp3) is 0. The standard InChI is InChI=1S/C43H26N4S/c1-3-13-28(14-4-1)41-44-42(29-15-5-2-6-16-29)46-43(45-41)47-39-31-17-8-7-12-27(31)22-24-35(39)34-20-11-19-32(40(34)47)30-23-25-38-36(26-30)33-18-9-10-21-37(33)48-38/h1-26H. The zero-order valence-electron chi connectivity index (χ0n) is 25.7. The Hall–Kier alpha value is -6.17. The lowest BCUT2D eigenvalue weighted by Crippen LogP contribution is -2.07. The van der Waals surface area contributed by atoms with E-state index in [0.717, 1.165) is 49.4 Å². The third-order valence-electron chi connectivity index (χ3n) is 9.25. The summed E-state index contributed by atoms with van der Waals surface area (Å²) in [5.41, 5.74) is 6.34. The monoisotopic (exact) mass is 630 g/mol. The number of aromatic nitrogens is 4. The largest absolute Gasteiger partial charge is 0.277 e. The Morgan fingerprint density at radius 3 is 1.79 bits per heavy atom. The van der Waals surface area contributed by atoms with Crippen molar-refractivity contribution in [1.29, 1.82) is 0 Å². The molecule has 0 N–H and O–H groups in total. The summed E-state index contributed by atoms with van der Waals surface area (Å²) in [5, 5.41) is 7.20. The molecule has 0 fully saturated rings. The molecular weight excluding hydrogens is 605 g/mol. The van der Waals surface area contributed by atoms with E-state index < -0.39 is 0 Å². The molecule has 3 heterocycles. The highest BCUT2D eigenvalue weighted by Gasteiger charge is 2.22. The molecule has 5 heteroatoms. The number of rotatable bonds is 4. The van der Waals surface area contributed by atoms with Crippen molar-refractivity contribution < 1.29 is 0 Å². The summed E-state index contributed by atoms with van der Waals surface area (Å²) in [5.74, 6) is 1.87. The number of para-hydroxylation sites is 1. The molecule has 3 aromatic heterocycles. The van der Waals surface area contributed by atoms with Crippen LogP contribution in [0.15, 0.2) is 158 Å². The summed E-state index contributed by atoms with van der Waals surface area (Å²) in [6.07, 6.45) is 0. The SMILES string of the molecule is c1ccc(-c2nc(-c3ccccc3)nc(-n3c4c(-c5ccc6sc7ccccc7c6c5)cccc4c4ccc5ccccc5c43)n2)cc1. The van der Waals surface area contributed by atoms with Gasteiger partial charge in [-0.25, -0.2) is 4.98 Å². The van der Waals surface area contributed by atoms with E-state index in [1.165, 1.54) is 25.6 Å². The van der Waals surface area contributed by atoms with Crippen LogP contribution >= 0.6 is 11.3 Å². The van der Waals surface area contributed by atoms with Crippen LogP contribution in [0.25, 0.3) is 92.6 Å². The summed E-state index contributed by atoms with van der Waals surface area (Å²) in [6, 6.07) is 55.6. The van der Waals surface area contributed by atoms with E-state index in [2.05, 4.69) is 126 Å². The lowest BCUT2D eigenvalue weighted by atomic mass is 9.99. The van der Waals surface area contributed by atoms with E-state index in [-0.39, 0.29) is 0 Å². The molecule has 0 unspecified atom stereocenters. The van der Waals surface area contributed by atoms with Gasteiger partial charge in [-0.1, -0.05) is 140 Å². The third-order valence-corrected chi connectivity index (χ3v) is 10.4. The van der Waals surface area contributed by atoms with Gasteiger partial charge >= 0.3 is 0 Å². The van der Waals surface area contributed by atoms with Gasteiger partial charge in [0.15, 0.2) is 11.6 Å². The quantitative estimate of drug-likeness (QED) is 0.194. The lowest BCUT2D eigenvalue weighted by molar-refractivity contribution is 0.955. The second kappa shape index (κ2) is 10.7. The highest BCUT2D eigenvalue weighted by atomic mass is 32.1. The number of hydrogen-bond donors (Lipinski definition) is 0. The van der Waals surface area contributed by atoms with E-state index in [1.807, 2.05) is 47.7 Å². The van der Waals surface area contributed by atoms with Crippen LogP contribution in [0.3, 0.4) is 0 Å². The Labute approximate surface area is 280 Å². The molecule has 7 aromatic carbocycles. The van der Waals surface area contributed by atoms with Crippen LogP contribution < -0.4 is 0 Å². The van der Waals surface area contributed by atoms with Crippen molar-refractivity contribution in [3.63, 3.8) is 0 Å². The molecule has 10 rings (SSSR count). The van der Waals surface area contributed by atoms with Crippen molar-refractivity contribution in [1.82, 2.24) is 19.5 Å². The molecule has 0 atom stereocenters. The number of nitrogens with zero attached hydrogens (tertiary/aromatic N) is 4. The maximum Gasteiger partial charge on any atom is 0.238 e. The maximum atomic E-state index is 5.24. The Morgan fingerprint density at radius 2 is 1.02 bits per heavy atom. The minimum atomic E-state index is 0.591. The van der Waals surface area contributed by atoms with Gasteiger partial charge in [0.2, 0.25) is 5.95 Å². The molecular formula is C43H26N4S. The number of benzene rings is 7. The Bertz CT molecular complexity index is 2780. The zero-order chi connectivity index (χ0) is 31.6. The van der Waals surface area contributed by atoms with E-state index in [1.54, 1.807) is 0 Å². The minimum Gasteiger partial charge on any atom is -0.277 e. The van der Waals surface area contributed by atoms with Crippen molar-refractivity contribution in [2.24, 2.45) is 0 Å². The first-order chi connectivity index (χ1) is 23.8. The van der Waals surface area contributed by atoms with Crippen LogP contribution in [-0.2, 0) is 0 Å². The fourth-order valence-electron chi connectivity index (χ4n) is 7.05. The average Bonchev–Trinajstić information content (AvgIpc) is 3.71. The normalized spacial score (nSPS) is 11.8. The predicted octanol–water partition coefficient (Wildman–Crippen LogP) is 11.5. The second-order valence-electron chi connectivity index (χ2n) is 12.0. The van der Waals surface area contributed by atoms with Crippen molar-refractivity contribution in [2.45, 2.75) is 0 Å². The Morgan fingerprint density at radius 1 is 0.396 bits per heavy atom. The highest BCUT2D eigenvalue weighted by Crippen LogP contribution is 2.42.